The quantitative estimate of drug-likeness (QED) is 0.163. The molecule has 6 heteroatoms. The summed E-state index contributed by atoms with van der Waals surface area (Å²) in [4.78, 5) is 15.3. The second kappa shape index (κ2) is 14.9. The zero-order chi connectivity index (χ0) is 30.8. The van der Waals surface area contributed by atoms with Crippen LogP contribution in [0.4, 0.5) is 5.69 Å². The number of ether oxygens (including phenoxy) is 2. The van der Waals surface area contributed by atoms with Crippen LogP contribution in [0.3, 0.4) is 0 Å². The molecule has 6 nitrogen and oxygen atoms in total. The second-order valence-electron chi connectivity index (χ2n) is 11.4. The Labute approximate surface area is 264 Å². The molecule has 1 heterocycles. The number of anilines is 1. The molecule has 0 spiro atoms. The lowest BCUT2D eigenvalue weighted by molar-refractivity contribution is -0.253. The molecule has 228 valence electrons. The molecular weight excluding hydrogens is 560 g/mol. The van der Waals surface area contributed by atoms with E-state index in [0.29, 0.717) is 24.2 Å². The zero-order valence-electron chi connectivity index (χ0n) is 25.2. The van der Waals surface area contributed by atoms with Crippen molar-refractivity contribution in [3.63, 3.8) is 0 Å². The van der Waals surface area contributed by atoms with Gasteiger partial charge in [-0.2, -0.15) is 0 Å². The van der Waals surface area contributed by atoms with Crippen LogP contribution in [0.1, 0.15) is 57.0 Å². The lowest BCUT2D eigenvalue weighted by Gasteiger charge is -2.38. The van der Waals surface area contributed by atoms with Gasteiger partial charge in [-0.25, -0.2) is 0 Å². The third kappa shape index (κ3) is 8.32. The van der Waals surface area contributed by atoms with Gasteiger partial charge >= 0.3 is 0 Å². The number of carbonyl (C=O) groups excluding carboxylic acids is 1. The van der Waals surface area contributed by atoms with Gasteiger partial charge in [-0.3, -0.25) is 9.69 Å². The van der Waals surface area contributed by atoms with Crippen molar-refractivity contribution in [2.24, 2.45) is 0 Å². The Hall–Kier alpha value is -4.59. The van der Waals surface area contributed by atoms with E-state index >= 15 is 0 Å². The molecule has 1 amide bonds. The summed E-state index contributed by atoms with van der Waals surface area (Å²) in [6.45, 7) is 2.28. The van der Waals surface area contributed by atoms with Gasteiger partial charge in [-0.1, -0.05) is 115 Å². The maximum absolute atomic E-state index is 12.9. The SMILES string of the molecule is O=C(Nc1cccc(C2OC(CN(Cc3ccccc3)Cc3ccccc3)CC(c3ccc(CO)cc3)O2)c1)c1ccccc1. The van der Waals surface area contributed by atoms with Crippen LogP contribution < -0.4 is 5.32 Å². The fraction of sp³-hybridized carbons (Fsp3) is 0.205. The fourth-order valence-electron chi connectivity index (χ4n) is 5.75. The Morgan fingerprint density at radius 3 is 1.93 bits per heavy atom. The van der Waals surface area contributed by atoms with Crippen molar-refractivity contribution >= 4 is 11.6 Å². The van der Waals surface area contributed by atoms with Crippen molar-refractivity contribution in [2.75, 3.05) is 11.9 Å². The summed E-state index contributed by atoms with van der Waals surface area (Å²) < 4.78 is 13.3. The molecule has 0 saturated carbocycles. The molecule has 3 atom stereocenters. The molecule has 1 aliphatic rings. The average Bonchev–Trinajstić information content (AvgIpc) is 3.09. The summed E-state index contributed by atoms with van der Waals surface area (Å²) in [6, 6.07) is 45.8. The molecule has 1 aliphatic heterocycles. The molecule has 0 bridgehead atoms. The van der Waals surface area contributed by atoms with E-state index in [0.717, 1.165) is 29.8 Å². The van der Waals surface area contributed by atoms with Gasteiger partial charge < -0.3 is 19.9 Å². The molecule has 1 fully saturated rings. The standard InChI is InChI=1S/C39H38N2O4/c42-28-31-19-21-32(22-20-31)37-24-36(27-41(25-29-11-4-1-5-12-29)26-30-13-6-2-7-14-30)44-39(45-37)34-17-10-18-35(23-34)40-38(43)33-15-8-3-9-16-33/h1-23,36-37,39,42H,24-28H2,(H,40,43). The molecule has 0 aromatic heterocycles. The number of nitrogens with one attached hydrogen (secondary N) is 1. The highest BCUT2D eigenvalue weighted by Gasteiger charge is 2.33. The Morgan fingerprint density at radius 2 is 1.31 bits per heavy atom. The van der Waals surface area contributed by atoms with Crippen molar-refractivity contribution in [3.8, 4) is 0 Å². The van der Waals surface area contributed by atoms with E-state index in [1.807, 2.05) is 78.9 Å². The molecule has 1 saturated heterocycles. The minimum Gasteiger partial charge on any atom is -0.392 e. The first-order valence-electron chi connectivity index (χ1n) is 15.4. The van der Waals surface area contributed by atoms with Gasteiger partial charge in [0.15, 0.2) is 6.29 Å². The first kappa shape index (κ1) is 30.4. The van der Waals surface area contributed by atoms with Crippen LogP contribution in [0.15, 0.2) is 140 Å². The summed E-state index contributed by atoms with van der Waals surface area (Å²) in [7, 11) is 0. The smallest absolute Gasteiger partial charge is 0.255 e. The minimum absolute atomic E-state index is 0.00437. The second-order valence-corrected chi connectivity index (χ2v) is 11.4. The summed E-state index contributed by atoms with van der Waals surface area (Å²) in [5.74, 6) is -0.171. The van der Waals surface area contributed by atoms with E-state index in [1.54, 1.807) is 12.1 Å². The van der Waals surface area contributed by atoms with Crippen molar-refractivity contribution in [2.45, 2.75) is 44.6 Å². The summed E-state index contributed by atoms with van der Waals surface area (Å²) in [5, 5.41) is 12.6. The normalized spacial score (nSPS) is 18.0. The number of hydrogen-bond acceptors (Lipinski definition) is 5. The van der Waals surface area contributed by atoms with Crippen LogP contribution >= 0.6 is 0 Å². The summed E-state index contributed by atoms with van der Waals surface area (Å²) >= 11 is 0. The first-order chi connectivity index (χ1) is 22.1. The lowest BCUT2D eigenvalue weighted by Crippen LogP contribution is -2.39. The van der Waals surface area contributed by atoms with Crippen molar-refractivity contribution in [1.29, 1.82) is 0 Å². The monoisotopic (exact) mass is 598 g/mol. The van der Waals surface area contributed by atoms with E-state index in [9.17, 15) is 9.90 Å². The maximum Gasteiger partial charge on any atom is 0.255 e. The highest BCUT2D eigenvalue weighted by Crippen LogP contribution is 2.39. The summed E-state index contributed by atoms with van der Waals surface area (Å²) in [5.41, 5.74) is 6.49. The molecule has 0 radical (unpaired) electrons. The summed E-state index contributed by atoms with van der Waals surface area (Å²) in [6.07, 6.45) is -0.282. The lowest BCUT2D eigenvalue weighted by atomic mass is 9.99. The van der Waals surface area contributed by atoms with Crippen molar-refractivity contribution < 1.29 is 19.4 Å². The third-order valence-electron chi connectivity index (χ3n) is 8.03. The molecule has 5 aromatic carbocycles. The number of hydrogen-bond donors (Lipinski definition) is 2. The van der Waals surface area contributed by atoms with E-state index in [-0.39, 0.29) is 24.7 Å². The molecule has 5 aromatic rings. The molecule has 6 rings (SSSR count). The minimum atomic E-state index is -0.629. The number of aliphatic hydroxyl groups excluding tert-OH is 1. The van der Waals surface area contributed by atoms with E-state index < -0.39 is 6.29 Å². The molecular formula is C39H38N2O4. The van der Waals surface area contributed by atoms with Crippen LogP contribution in [-0.4, -0.2) is 28.6 Å². The maximum atomic E-state index is 12.9. The predicted molar refractivity (Wildman–Crippen MR) is 176 cm³/mol. The number of benzene rings is 5. The van der Waals surface area contributed by atoms with Gasteiger partial charge in [-0.15, -0.1) is 0 Å². The van der Waals surface area contributed by atoms with Crippen LogP contribution in [0.25, 0.3) is 0 Å². The number of aliphatic hydroxyl groups is 1. The van der Waals surface area contributed by atoms with Crippen molar-refractivity contribution in [1.82, 2.24) is 4.90 Å². The van der Waals surface area contributed by atoms with Crippen molar-refractivity contribution in [3.05, 3.63) is 173 Å². The van der Waals surface area contributed by atoms with Gasteiger partial charge in [0.05, 0.1) is 18.8 Å². The molecule has 3 unspecified atom stereocenters. The number of rotatable bonds is 11. The highest BCUT2D eigenvalue weighted by atomic mass is 16.7. The topological polar surface area (TPSA) is 71.0 Å². The number of amides is 1. The Kier molecular flexibility index (Phi) is 10.1. The van der Waals surface area contributed by atoms with Gasteiger partial charge in [0, 0.05) is 42.9 Å². The third-order valence-corrected chi connectivity index (χ3v) is 8.03. The predicted octanol–water partition coefficient (Wildman–Crippen LogP) is 7.68. The van der Waals surface area contributed by atoms with E-state index in [4.69, 9.17) is 9.47 Å². The van der Waals surface area contributed by atoms with E-state index in [1.165, 1.54) is 11.1 Å². The van der Waals surface area contributed by atoms with Crippen LogP contribution in [0.2, 0.25) is 0 Å². The molecule has 0 aliphatic carbocycles. The molecule has 2 N–H and O–H groups in total. The van der Waals surface area contributed by atoms with Gasteiger partial charge in [-0.05, 0) is 46.5 Å². The Bertz CT molecular complexity index is 1600. The van der Waals surface area contributed by atoms with Gasteiger partial charge in [0.2, 0.25) is 0 Å². The van der Waals surface area contributed by atoms with E-state index in [2.05, 4.69) is 58.7 Å². The van der Waals surface area contributed by atoms with Gasteiger partial charge in [0.1, 0.15) is 0 Å². The Morgan fingerprint density at radius 1 is 0.689 bits per heavy atom. The van der Waals surface area contributed by atoms with Crippen LogP contribution in [0.5, 0.6) is 0 Å². The highest BCUT2D eigenvalue weighted by molar-refractivity contribution is 6.04. The largest absolute Gasteiger partial charge is 0.392 e. The fourth-order valence-corrected chi connectivity index (χ4v) is 5.75. The van der Waals surface area contributed by atoms with Crippen LogP contribution in [0, 0.1) is 0 Å². The molecule has 45 heavy (non-hydrogen) atoms. The average molecular weight is 599 g/mol. The van der Waals surface area contributed by atoms with Crippen LogP contribution in [-0.2, 0) is 29.2 Å². The zero-order valence-corrected chi connectivity index (χ0v) is 25.2. The number of nitrogens with zero attached hydrogens (tertiary/aromatic N) is 1. The first-order valence-corrected chi connectivity index (χ1v) is 15.4. The van der Waals surface area contributed by atoms with Gasteiger partial charge in [0.25, 0.3) is 5.91 Å². The number of carbonyl (C=O) groups is 1. The Balaban J connectivity index is 1.25.